The van der Waals surface area contributed by atoms with Crippen molar-refractivity contribution in [2.24, 2.45) is 5.73 Å². The molecular weight excluding hydrogens is 323 g/mol. The fourth-order valence-corrected chi connectivity index (χ4v) is 2.26. The van der Waals surface area contributed by atoms with Gasteiger partial charge in [0.15, 0.2) is 11.6 Å². The molecule has 1 amide bonds. The van der Waals surface area contributed by atoms with Crippen LogP contribution >= 0.6 is 0 Å². The van der Waals surface area contributed by atoms with E-state index < -0.39 is 11.7 Å². The van der Waals surface area contributed by atoms with Crippen molar-refractivity contribution in [3.8, 4) is 11.6 Å². The van der Waals surface area contributed by atoms with Crippen LogP contribution in [0.25, 0.3) is 0 Å². The number of halogens is 1. The molecule has 0 saturated carbocycles. The number of rotatable bonds is 10. The van der Waals surface area contributed by atoms with Gasteiger partial charge in [-0.3, -0.25) is 4.79 Å². The van der Waals surface area contributed by atoms with Crippen molar-refractivity contribution in [1.29, 1.82) is 0 Å². The Hall–Kier alpha value is -2.54. The number of primary amides is 1. The Balaban J connectivity index is 1.87. The van der Waals surface area contributed by atoms with Crippen molar-refractivity contribution < 1.29 is 13.9 Å². The maximum Gasteiger partial charge on any atom is 0.268 e. The van der Waals surface area contributed by atoms with E-state index in [0.717, 1.165) is 18.5 Å². The Morgan fingerprint density at radius 3 is 2.72 bits per heavy atom. The van der Waals surface area contributed by atoms with Crippen molar-refractivity contribution in [3.63, 3.8) is 0 Å². The molecule has 2 rings (SSSR count). The van der Waals surface area contributed by atoms with E-state index in [1.54, 1.807) is 12.1 Å². The molecule has 3 N–H and O–H groups in total. The Kier molecular flexibility index (Phi) is 7.28. The van der Waals surface area contributed by atoms with Crippen LogP contribution in [-0.2, 0) is 6.54 Å². The molecule has 0 fully saturated rings. The number of unbranched alkanes of at least 4 members (excludes halogenated alkanes) is 3. The summed E-state index contributed by atoms with van der Waals surface area (Å²) in [6.45, 7) is 3.70. The monoisotopic (exact) mass is 346 g/mol. The first-order valence-corrected chi connectivity index (χ1v) is 8.39. The van der Waals surface area contributed by atoms with Crippen LogP contribution in [0.15, 0.2) is 30.6 Å². The number of nitrogens with one attached hydrogen (secondary N) is 1. The Labute approximate surface area is 146 Å². The largest absolute Gasteiger partial charge is 0.434 e. The van der Waals surface area contributed by atoms with Gasteiger partial charge in [-0.25, -0.2) is 14.4 Å². The van der Waals surface area contributed by atoms with E-state index in [9.17, 15) is 9.18 Å². The molecule has 0 saturated heterocycles. The van der Waals surface area contributed by atoms with E-state index in [4.69, 9.17) is 10.5 Å². The molecule has 0 aliphatic rings. The molecule has 0 radical (unpaired) electrons. The van der Waals surface area contributed by atoms with Crippen LogP contribution < -0.4 is 15.8 Å². The molecule has 0 spiro atoms. The molecule has 1 aromatic carbocycles. The van der Waals surface area contributed by atoms with Gasteiger partial charge in [-0.15, -0.1) is 0 Å². The van der Waals surface area contributed by atoms with Crippen molar-refractivity contribution in [1.82, 2.24) is 15.3 Å². The number of nitrogens with zero attached hydrogens (tertiary/aromatic N) is 2. The highest BCUT2D eigenvalue weighted by molar-refractivity contribution is 5.90. The van der Waals surface area contributed by atoms with Crippen molar-refractivity contribution in [2.45, 2.75) is 39.2 Å². The lowest BCUT2D eigenvalue weighted by Gasteiger charge is -2.08. The molecule has 0 aliphatic heterocycles. The van der Waals surface area contributed by atoms with E-state index in [1.165, 1.54) is 37.7 Å². The van der Waals surface area contributed by atoms with E-state index in [0.29, 0.717) is 6.54 Å². The van der Waals surface area contributed by atoms with Crippen LogP contribution in [-0.4, -0.2) is 22.4 Å². The van der Waals surface area contributed by atoms with E-state index in [2.05, 4.69) is 22.2 Å². The summed E-state index contributed by atoms with van der Waals surface area (Å²) < 4.78 is 19.5. The van der Waals surface area contributed by atoms with Crippen LogP contribution in [0, 0.1) is 5.82 Å². The number of ether oxygens (including phenoxy) is 1. The van der Waals surface area contributed by atoms with Crippen LogP contribution in [0.5, 0.6) is 11.6 Å². The SMILES string of the molecule is CCCCCCNCc1ccc(Oc2cnc(C(N)=O)cn2)c(F)c1. The average molecular weight is 346 g/mol. The molecule has 25 heavy (non-hydrogen) atoms. The van der Waals surface area contributed by atoms with Gasteiger partial charge < -0.3 is 15.8 Å². The topological polar surface area (TPSA) is 90.1 Å². The zero-order valence-electron chi connectivity index (χ0n) is 14.3. The summed E-state index contributed by atoms with van der Waals surface area (Å²) in [4.78, 5) is 18.6. The van der Waals surface area contributed by atoms with Crippen molar-refractivity contribution in [3.05, 3.63) is 47.7 Å². The highest BCUT2D eigenvalue weighted by Gasteiger charge is 2.09. The third-order valence-electron chi connectivity index (χ3n) is 3.63. The van der Waals surface area contributed by atoms with Crippen LogP contribution in [0.3, 0.4) is 0 Å². The fourth-order valence-electron chi connectivity index (χ4n) is 2.26. The second-order valence-corrected chi connectivity index (χ2v) is 5.71. The number of aromatic nitrogens is 2. The van der Waals surface area contributed by atoms with Gasteiger partial charge in [0.25, 0.3) is 5.91 Å². The molecule has 0 unspecified atom stereocenters. The minimum atomic E-state index is -0.684. The third-order valence-corrected chi connectivity index (χ3v) is 3.63. The van der Waals surface area contributed by atoms with Gasteiger partial charge in [0.1, 0.15) is 5.69 Å². The number of amides is 1. The summed E-state index contributed by atoms with van der Waals surface area (Å²) in [7, 11) is 0. The third kappa shape index (κ3) is 6.11. The highest BCUT2D eigenvalue weighted by Crippen LogP contribution is 2.23. The minimum absolute atomic E-state index is 0.0215. The first-order chi connectivity index (χ1) is 12.1. The molecule has 1 aromatic heterocycles. The summed E-state index contributed by atoms with van der Waals surface area (Å²) in [6.07, 6.45) is 7.20. The average Bonchev–Trinajstić information content (AvgIpc) is 2.60. The van der Waals surface area contributed by atoms with Gasteiger partial charge >= 0.3 is 0 Å². The van der Waals surface area contributed by atoms with Gasteiger partial charge in [-0.2, -0.15) is 0 Å². The number of hydrogen-bond acceptors (Lipinski definition) is 5. The molecule has 1 heterocycles. The molecule has 0 bridgehead atoms. The number of carbonyl (C=O) groups excluding carboxylic acids is 1. The molecular formula is C18H23FN4O2. The predicted octanol–water partition coefficient (Wildman–Crippen LogP) is 3.18. The minimum Gasteiger partial charge on any atom is -0.434 e. The quantitative estimate of drug-likeness (QED) is 0.645. The number of hydrogen-bond donors (Lipinski definition) is 2. The number of carbonyl (C=O) groups is 1. The number of benzene rings is 1. The van der Waals surface area contributed by atoms with Crippen molar-refractivity contribution in [2.75, 3.05) is 6.54 Å². The smallest absolute Gasteiger partial charge is 0.268 e. The normalized spacial score (nSPS) is 10.6. The van der Waals surface area contributed by atoms with Gasteiger partial charge in [0, 0.05) is 6.54 Å². The van der Waals surface area contributed by atoms with Gasteiger partial charge in [0.05, 0.1) is 12.4 Å². The Morgan fingerprint density at radius 1 is 1.24 bits per heavy atom. The van der Waals surface area contributed by atoms with Crippen LogP contribution in [0.1, 0.15) is 48.7 Å². The van der Waals surface area contributed by atoms with Crippen LogP contribution in [0.4, 0.5) is 4.39 Å². The van der Waals surface area contributed by atoms with E-state index in [-0.39, 0.29) is 17.3 Å². The highest BCUT2D eigenvalue weighted by atomic mass is 19.1. The first kappa shape index (κ1) is 18.8. The fraction of sp³-hybridized carbons (Fsp3) is 0.389. The van der Waals surface area contributed by atoms with Gasteiger partial charge in [-0.1, -0.05) is 32.3 Å². The van der Waals surface area contributed by atoms with Gasteiger partial charge in [0.2, 0.25) is 5.88 Å². The Morgan fingerprint density at radius 2 is 2.08 bits per heavy atom. The summed E-state index contributed by atoms with van der Waals surface area (Å²) in [5, 5.41) is 3.30. The Bertz CT molecular complexity index is 692. The maximum atomic E-state index is 14.1. The molecule has 0 aliphatic carbocycles. The standard InChI is InChI=1S/C18H23FN4O2/c1-2-3-4-5-8-21-10-13-6-7-16(14(19)9-13)25-17-12-22-15(11-23-17)18(20)24/h6-7,9,11-12,21H,2-5,8,10H2,1H3,(H2,20,24). The molecule has 134 valence electrons. The first-order valence-electron chi connectivity index (χ1n) is 8.39. The maximum absolute atomic E-state index is 14.1. The molecule has 6 nitrogen and oxygen atoms in total. The molecule has 0 atom stereocenters. The molecule has 7 heteroatoms. The number of nitrogens with two attached hydrogens (primary N) is 1. The van der Waals surface area contributed by atoms with Crippen molar-refractivity contribution >= 4 is 5.91 Å². The predicted molar refractivity (Wildman–Crippen MR) is 92.9 cm³/mol. The summed E-state index contributed by atoms with van der Waals surface area (Å²) in [6, 6.07) is 4.77. The van der Waals surface area contributed by atoms with Crippen LogP contribution in [0.2, 0.25) is 0 Å². The second kappa shape index (κ2) is 9.68. The zero-order valence-corrected chi connectivity index (χ0v) is 14.3. The second-order valence-electron chi connectivity index (χ2n) is 5.71. The summed E-state index contributed by atoms with van der Waals surface area (Å²) >= 11 is 0. The lowest BCUT2D eigenvalue weighted by Crippen LogP contribution is -2.14. The van der Waals surface area contributed by atoms with E-state index in [1.807, 2.05) is 0 Å². The van der Waals surface area contributed by atoms with E-state index >= 15 is 0 Å². The molecule has 2 aromatic rings. The summed E-state index contributed by atoms with van der Waals surface area (Å²) in [5.41, 5.74) is 5.95. The zero-order chi connectivity index (χ0) is 18.1. The summed E-state index contributed by atoms with van der Waals surface area (Å²) in [5.74, 6) is -1.03. The van der Waals surface area contributed by atoms with Gasteiger partial charge in [-0.05, 0) is 30.7 Å². The lowest BCUT2D eigenvalue weighted by atomic mass is 10.2. The lowest BCUT2D eigenvalue weighted by molar-refractivity contribution is 0.0995.